The quantitative estimate of drug-likeness (QED) is 0.503. The molecule has 0 aromatic heterocycles. The largest absolute Gasteiger partial charge is 0.381 e. The Kier molecular flexibility index (Phi) is 5.47. The summed E-state index contributed by atoms with van der Waals surface area (Å²) in [5.74, 6) is -1.13. The van der Waals surface area contributed by atoms with Crippen molar-refractivity contribution < 1.29 is 18.1 Å². The highest BCUT2D eigenvalue weighted by atomic mass is 35.5. The molecule has 1 amide bonds. The number of rotatable bonds is 6. The van der Waals surface area contributed by atoms with E-state index in [1.807, 2.05) is 0 Å². The number of primary sulfonamides is 1. The van der Waals surface area contributed by atoms with Gasteiger partial charge in [-0.25, -0.2) is 13.6 Å². The predicted octanol–water partition coefficient (Wildman–Crippen LogP) is 0.308. The Hall–Kier alpha value is -1.91. The van der Waals surface area contributed by atoms with Crippen molar-refractivity contribution in [2.45, 2.75) is 0 Å². The molecule has 116 valence electrons. The van der Waals surface area contributed by atoms with E-state index in [0.29, 0.717) is 0 Å². The third-order valence-corrected chi connectivity index (χ3v) is 3.52. The summed E-state index contributed by atoms with van der Waals surface area (Å²) in [6, 6.07) is 2.29. The summed E-state index contributed by atoms with van der Waals surface area (Å²) >= 11 is 5.87. The Bertz CT molecular complexity index is 676. The van der Waals surface area contributed by atoms with Gasteiger partial charge in [0.15, 0.2) is 0 Å². The topological polar surface area (TPSA) is 144 Å². The molecule has 1 rings (SSSR count). The number of nitrogens with zero attached hydrogens (tertiary/aromatic N) is 1. The highest BCUT2D eigenvalue weighted by Gasteiger charge is 2.20. The molecule has 21 heavy (non-hydrogen) atoms. The number of nitro benzene ring substituents is 1. The molecule has 0 atom stereocenters. The van der Waals surface area contributed by atoms with Crippen molar-refractivity contribution in [1.29, 1.82) is 0 Å². The molecule has 9 nitrogen and oxygen atoms in total. The monoisotopic (exact) mass is 336 g/mol. The molecule has 1 aromatic carbocycles. The highest BCUT2D eigenvalue weighted by molar-refractivity contribution is 7.89. The highest BCUT2D eigenvalue weighted by Crippen LogP contribution is 2.33. The lowest BCUT2D eigenvalue weighted by Gasteiger charge is -2.08. The lowest BCUT2D eigenvalue weighted by molar-refractivity contribution is -0.383. The van der Waals surface area contributed by atoms with Crippen LogP contribution in [0.3, 0.4) is 0 Å². The number of anilines is 1. The molecule has 0 fully saturated rings. The Morgan fingerprint density at radius 1 is 1.48 bits per heavy atom. The summed E-state index contributed by atoms with van der Waals surface area (Å²) in [5.41, 5.74) is -0.329. The van der Waals surface area contributed by atoms with Crippen LogP contribution < -0.4 is 15.8 Å². The number of amides is 1. The Morgan fingerprint density at radius 3 is 2.57 bits per heavy atom. The average molecular weight is 337 g/mol. The van der Waals surface area contributed by atoms with Crippen LogP contribution in [0, 0.1) is 10.1 Å². The van der Waals surface area contributed by atoms with Crippen LogP contribution in [0.2, 0.25) is 5.02 Å². The number of hydrogen-bond acceptors (Lipinski definition) is 6. The van der Waals surface area contributed by atoms with E-state index >= 15 is 0 Å². The number of carbonyl (C=O) groups is 1. The molecule has 4 N–H and O–H groups in total. The number of halogens is 1. The first-order valence-electron chi connectivity index (χ1n) is 5.60. The molecule has 11 heteroatoms. The van der Waals surface area contributed by atoms with Gasteiger partial charge in [0.1, 0.15) is 5.69 Å². The summed E-state index contributed by atoms with van der Waals surface area (Å²) in [6.45, 7) is -0.211. The van der Waals surface area contributed by atoms with E-state index in [4.69, 9.17) is 16.7 Å². The van der Waals surface area contributed by atoms with E-state index in [1.165, 1.54) is 13.1 Å². The zero-order valence-corrected chi connectivity index (χ0v) is 12.5. The van der Waals surface area contributed by atoms with Crippen LogP contribution in [-0.2, 0) is 10.0 Å². The van der Waals surface area contributed by atoms with Crippen LogP contribution in [0.25, 0.3) is 0 Å². The molecule has 0 spiro atoms. The minimum absolute atomic E-state index is 0.00305. The molecule has 0 heterocycles. The maximum atomic E-state index is 11.8. The lowest BCUT2D eigenvalue weighted by Crippen LogP contribution is -2.31. The van der Waals surface area contributed by atoms with Crippen molar-refractivity contribution in [1.82, 2.24) is 5.32 Å². The summed E-state index contributed by atoms with van der Waals surface area (Å²) in [7, 11) is -2.24. The van der Waals surface area contributed by atoms with Gasteiger partial charge >= 0.3 is 0 Å². The predicted molar refractivity (Wildman–Crippen MR) is 78.0 cm³/mol. The van der Waals surface area contributed by atoms with Gasteiger partial charge < -0.3 is 10.6 Å². The first-order valence-corrected chi connectivity index (χ1v) is 7.69. The van der Waals surface area contributed by atoms with E-state index in [0.717, 1.165) is 6.07 Å². The SMILES string of the molecule is CNc1c(Cl)cc(C(=O)NCCS(N)(=O)=O)cc1[N+](=O)[O-]. The first kappa shape index (κ1) is 17.1. The van der Waals surface area contributed by atoms with Crippen molar-refractivity contribution in [2.75, 3.05) is 24.7 Å². The fraction of sp³-hybridized carbons (Fsp3) is 0.300. The van der Waals surface area contributed by atoms with E-state index in [1.54, 1.807) is 0 Å². The van der Waals surface area contributed by atoms with E-state index in [-0.39, 0.29) is 28.5 Å². The standard InChI is InChI=1S/C10H13ClN4O5S/c1-13-9-7(11)4-6(5-8(9)15(17)18)10(16)14-2-3-21(12,19)20/h4-5,13H,2-3H2,1H3,(H,14,16)(H2,12,19,20). The second kappa shape index (κ2) is 6.70. The fourth-order valence-electron chi connectivity index (χ4n) is 1.52. The second-order valence-electron chi connectivity index (χ2n) is 3.98. The summed E-state index contributed by atoms with van der Waals surface area (Å²) in [4.78, 5) is 22.1. The van der Waals surface area contributed by atoms with Crippen LogP contribution in [0.4, 0.5) is 11.4 Å². The minimum atomic E-state index is -3.70. The maximum Gasteiger partial charge on any atom is 0.294 e. The summed E-state index contributed by atoms with van der Waals surface area (Å²) in [5, 5.41) is 20.6. The zero-order valence-electron chi connectivity index (χ0n) is 10.9. The van der Waals surface area contributed by atoms with Gasteiger partial charge in [-0.05, 0) is 6.07 Å². The number of nitrogens with two attached hydrogens (primary N) is 1. The maximum absolute atomic E-state index is 11.8. The van der Waals surface area contributed by atoms with Crippen LogP contribution in [-0.4, -0.2) is 38.6 Å². The van der Waals surface area contributed by atoms with E-state index in [9.17, 15) is 23.3 Å². The molecule has 0 aliphatic heterocycles. The lowest BCUT2D eigenvalue weighted by atomic mass is 10.1. The molecule has 0 unspecified atom stereocenters. The summed E-state index contributed by atoms with van der Waals surface area (Å²) in [6.07, 6.45) is 0. The van der Waals surface area contributed by atoms with Gasteiger partial charge in [-0.1, -0.05) is 11.6 Å². The van der Waals surface area contributed by atoms with Gasteiger partial charge in [-0.3, -0.25) is 14.9 Å². The average Bonchev–Trinajstić information content (AvgIpc) is 2.35. The Balaban J connectivity index is 2.98. The second-order valence-corrected chi connectivity index (χ2v) is 6.12. The molecule has 1 aromatic rings. The van der Waals surface area contributed by atoms with Crippen molar-refractivity contribution in [2.24, 2.45) is 5.14 Å². The van der Waals surface area contributed by atoms with Crippen molar-refractivity contribution in [3.05, 3.63) is 32.8 Å². The van der Waals surface area contributed by atoms with Gasteiger partial charge in [0.25, 0.3) is 11.6 Å². The molecule has 0 aliphatic rings. The number of hydrogen-bond donors (Lipinski definition) is 3. The van der Waals surface area contributed by atoms with E-state index in [2.05, 4.69) is 10.6 Å². The fourth-order valence-corrected chi connectivity index (χ4v) is 2.22. The first-order chi connectivity index (χ1) is 9.65. The van der Waals surface area contributed by atoms with Crippen LogP contribution in [0.5, 0.6) is 0 Å². The number of sulfonamides is 1. The third-order valence-electron chi connectivity index (χ3n) is 2.45. The minimum Gasteiger partial charge on any atom is -0.381 e. The molecule has 0 saturated heterocycles. The third kappa shape index (κ3) is 4.85. The van der Waals surface area contributed by atoms with Crippen LogP contribution in [0.1, 0.15) is 10.4 Å². The van der Waals surface area contributed by atoms with E-state index < -0.39 is 26.6 Å². The van der Waals surface area contributed by atoms with Gasteiger partial charge in [-0.2, -0.15) is 0 Å². The zero-order chi connectivity index (χ0) is 16.2. The van der Waals surface area contributed by atoms with Gasteiger partial charge in [0, 0.05) is 25.2 Å². The Morgan fingerprint density at radius 2 is 2.10 bits per heavy atom. The van der Waals surface area contributed by atoms with Crippen molar-refractivity contribution >= 4 is 38.9 Å². The molecule has 0 bridgehead atoms. The van der Waals surface area contributed by atoms with Gasteiger partial charge in [0.2, 0.25) is 10.0 Å². The number of nitro groups is 1. The normalized spacial score (nSPS) is 11.0. The van der Waals surface area contributed by atoms with Crippen LogP contribution >= 0.6 is 11.6 Å². The van der Waals surface area contributed by atoms with Gasteiger partial charge in [0.05, 0.1) is 15.7 Å². The van der Waals surface area contributed by atoms with Crippen molar-refractivity contribution in [3.8, 4) is 0 Å². The number of nitrogens with one attached hydrogen (secondary N) is 2. The van der Waals surface area contributed by atoms with Crippen molar-refractivity contribution in [3.63, 3.8) is 0 Å². The molecular formula is C10H13ClN4O5S. The van der Waals surface area contributed by atoms with Crippen LogP contribution in [0.15, 0.2) is 12.1 Å². The number of benzene rings is 1. The van der Waals surface area contributed by atoms with Gasteiger partial charge in [-0.15, -0.1) is 0 Å². The summed E-state index contributed by atoms with van der Waals surface area (Å²) < 4.78 is 21.5. The Labute approximate surface area is 125 Å². The number of carbonyl (C=O) groups excluding carboxylic acids is 1. The molecule has 0 saturated carbocycles. The molecular weight excluding hydrogens is 324 g/mol. The smallest absolute Gasteiger partial charge is 0.294 e. The molecule has 0 aliphatic carbocycles. The molecule has 0 radical (unpaired) electrons.